The lowest BCUT2D eigenvalue weighted by Gasteiger charge is -2.13. The van der Waals surface area contributed by atoms with Gasteiger partial charge < -0.3 is 25.2 Å². The zero-order chi connectivity index (χ0) is 17.7. The standard InChI is InChI=1S/C17H18N2O5/c1-19(2)12-5-3-11(4-6-12)18-16(22)10-24-17(23)14-8-7-13(20)9-15(14)21/h3-9,20-21H,10H2,1-2H3,(H,18,22). The molecule has 7 nitrogen and oxygen atoms in total. The molecule has 7 heteroatoms. The lowest BCUT2D eigenvalue weighted by atomic mass is 10.2. The van der Waals surface area contributed by atoms with Crippen molar-refractivity contribution in [2.24, 2.45) is 0 Å². The highest BCUT2D eigenvalue weighted by molar-refractivity contribution is 5.96. The predicted molar refractivity (Wildman–Crippen MR) is 89.5 cm³/mol. The summed E-state index contributed by atoms with van der Waals surface area (Å²) in [5.41, 5.74) is 1.44. The Hall–Kier alpha value is -3.22. The largest absolute Gasteiger partial charge is 0.508 e. The third kappa shape index (κ3) is 4.39. The first kappa shape index (κ1) is 17.1. The van der Waals surface area contributed by atoms with Crippen LogP contribution in [0.5, 0.6) is 11.5 Å². The second-order valence-corrected chi connectivity index (χ2v) is 5.27. The maximum Gasteiger partial charge on any atom is 0.342 e. The molecule has 0 fully saturated rings. The van der Waals surface area contributed by atoms with Crippen LogP contribution in [0.25, 0.3) is 0 Å². The van der Waals surface area contributed by atoms with E-state index in [1.165, 1.54) is 12.1 Å². The molecule has 0 aliphatic rings. The topological polar surface area (TPSA) is 99.1 Å². The molecule has 0 bridgehead atoms. The molecule has 0 heterocycles. The van der Waals surface area contributed by atoms with E-state index in [1.54, 1.807) is 12.1 Å². The number of ether oxygens (including phenoxy) is 1. The van der Waals surface area contributed by atoms with Gasteiger partial charge in [-0.2, -0.15) is 0 Å². The van der Waals surface area contributed by atoms with Crippen LogP contribution in [0.1, 0.15) is 10.4 Å². The zero-order valence-electron chi connectivity index (χ0n) is 13.3. The minimum Gasteiger partial charge on any atom is -0.508 e. The van der Waals surface area contributed by atoms with Gasteiger partial charge in [-0.05, 0) is 36.4 Å². The molecular weight excluding hydrogens is 312 g/mol. The lowest BCUT2D eigenvalue weighted by molar-refractivity contribution is -0.119. The first-order valence-electron chi connectivity index (χ1n) is 7.13. The molecule has 2 aromatic carbocycles. The van der Waals surface area contributed by atoms with E-state index in [0.717, 1.165) is 11.8 Å². The normalized spacial score (nSPS) is 10.1. The van der Waals surface area contributed by atoms with Gasteiger partial charge in [0.05, 0.1) is 0 Å². The highest BCUT2D eigenvalue weighted by Crippen LogP contribution is 2.23. The highest BCUT2D eigenvalue weighted by Gasteiger charge is 2.15. The fourth-order valence-corrected chi connectivity index (χ4v) is 1.94. The molecule has 0 atom stereocenters. The molecule has 0 saturated heterocycles. The Morgan fingerprint density at radius 2 is 1.75 bits per heavy atom. The average Bonchev–Trinajstić information content (AvgIpc) is 2.53. The van der Waals surface area contributed by atoms with Crippen molar-refractivity contribution in [3.05, 3.63) is 48.0 Å². The lowest BCUT2D eigenvalue weighted by Crippen LogP contribution is -2.21. The number of hydrogen-bond donors (Lipinski definition) is 3. The van der Waals surface area contributed by atoms with Crippen LogP contribution >= 0.6 is 0 Å². The number of benzene rings is 2. The second-order valence-electron chi connectivity index (χ2n) is 5.27. The van der Waals surface area contributed by atoms with E-state index in [-0.39, 0.29) is 11.3 Å². The van der Waals surface area contributed by atoms with Gasteiger partial charge in [0, 0.05) is 31.5 Å². The molecule has 2 aromatic rings. The van der Waals surface area contributed by atoms with E-state index in [2.05, 4.69) is 5.32 Å². The quantitative estimate of drug-likeness (QED) is 0.725. The monoisotopic (exact) mass is 330 g/mol. The Balaban J connectivity index is 1.89. The molecule has 0 aliphatic carbocycles. The number of anilines is 2. The molecule has 0 unspecified atom stereocenters. The number of phenols is 2. The second kappa shape index (κ2) is 7.36. The first-order chi connectivity index (χ1) is 11.4. The molecule has 0 saturated carbocycles. The molecule has 3 N–H and O–H groups in total. The van der Waals surface area contributed by atoms with Crippen molar-refractivity contribution in [2.45, 2.75) is 0 Å². The third-order valence-electron chi connectivity index (χ3n) is 3.20. The minimum atomic E-state index is -0.856. The van der Waals surface area contributed by atoms with E-state index < -0.39 is 24.2 Å². The van der Waals surface area contributed by atoms with Gasteiger partial charge in [-0.1, -0.05) is 0 Å². The third-order valence-corrected chi connectivity index (χ3v) is 3.20. The van der Waals surface area contributed by atoms with Gasteiger partial charge in [-0.25, -0.2) is 4.79 Å². The molecule has 0 aromatic heterocycles. The van der Waals surface area contributed by atoms with Crippen molar-refractivity contribution in [1.82, 2.24) is 0 Å². The summed E-state index contributed by atoms with van der Waals surface area (Å²) in [6.45, 7) is -0.491. The number of esters is 1. The van der Waals surface area contributed by atoms with Gasteiger partial charge in [0.1, 0.15) is 17.1 Å². The van der Waals surface area contributed by atoms with Crippen molar-refractivity contribution in [2.75, 3.05) is 30.9 Å². The number of nitrogens with zero attached hydrogens (tertiary/aromatic N) is 1. The number of carbonyl (C=O) groups is 2. The Bertz CT molecular complexity index is 741. The van der Waals surface area contributed by atoms with Crippen molar-refractivity contribution >= 4 is 23.3 Å². The van der Waals surface area contributed by atoms with E-state index in [9.17, 15) is 19.8 Å². The van der Waals surface area contributed by atoms with Gasteiger partial charge in [0.25, 0.3) is 5.91 Å². The van der Waals surface area contributed by atoms with Crippen LogP contribution in [0.2, 0.25) is 0 Å². The van der Waals surface area contributed by atoms with Gasteiger partial charge in [0.2, 0.25) is 0 Å². The van der Waals surface area contributed by atoms with Crippen LogP contribution in [0, 0.1) is 0 Å². The van der Waals surface area contributed by atoms with Crippen molar-refractivity contribution < 1.29 is 24.5 Å². The molecule has 2 rings (SSSR count). The summed E-state index contributed by atoms with van der Waals surface area (Å²) in [5, 5.41) is 21.3. The van der Waals surface area contributed by atoms with Crippen LogP contribution in [0.3, 0.4) is 0 Å². The van der Waals surface area contributed by atoms with Crippen LogP contribution in [0.4, 0.5) is 11.4 Å². The fraction of sp³-hybridized carbons (Fsp3) is 0.176. The number of nitrogens with one attached hydrogen (secondary N) is 1. The summed E-state index contributed by atoms with van der Waals surface area (Å²) in [4.78, 5) is 25.5. The Morgan fingerprint density at radius 1 is 1.08 bits per heavy atom. The van der Waals surface area contributed by atoms with Crippen molar-refractivity contribution in [3.8, 4) is 11.5 Å². The fourth-order valence-electron chi connectivity index (χ4n) is 1.94. The van der Waals surface area contributed by atoms with Gasteiger partial charge in [0.15, 0.2) is 6.61 Å². The van der Waals surface area contributed by atoms with E-state index in [0.29, 0.717) is 5.69 Å². The summed E-state index contributed by atoms with van der Waals surface area (Å²) in [7, 11) is 3.82. The van der Waals surface area contributed by atoms with Crippen LogP contribution in [0.15, 0.2) is 42.5 Å². The highest BCUT2D eigenvalue weighted by atomic mass is 16.5. The van der Waals surface area contributed by atoms with E-state index >= 15 is 0 Å². The maximum atomic E-state index is 11.8. The van der Waals surface area contributed by atoms with Crippen molar-refractivity contribution in [1.29, 1.82) is 0 Å². The molecular formula is C17H18N2O5. The van der Waals surface area contributed by atoms with Gasteiger partial charge in [-0.3, -0.25) is 4.79 Å². The Morgan fingerprint density at radius 3 is 2.33 bits per heavy atom. The number of hydrogen-bond acceptors (Lipinski definition) is 6. The molecule has 1 amide bonds. The van der Waals surface area contributed by atoms with Crippen LogP contribution in [-0.2, 0) is 9.53 Å². The van der Waals surface area contributed by atoms with E-state index in [1.807, 2.05) is 31.1 Å². The molecule has 126 valence electrons. The Kier molecular flexibility index (Phi) is 5.26. The molecule has 0 radical (unpaired) electrons. The average molecular weight is 330 g/mol. The minimum absolute atomic E-state index is 0.129. The summed E-state index contributed by atoms with van der Waals surface area (Å²) in [5.74, 6) is -1.95. The number of aromatic hydroxyl groups is 2. The van der Waals surface area contributed by atoms with E-state index in [4.69, 9.17) is 4.74 Å². The number of amides is 1. The summed E-state index contributed by atoms with van der Waals surface area (Å²) >= 11 is 0. The zero-order valence-corrected chi connectivity index (χ0v) is 13.3. The first-order valence-corrected chi connectivity index (χ1v) is 7.13. The summed E-state index contributed by atoms with van der Waals surface area (Å²) in [6.07, 6.45) is 0. The molecule has 24 heavy (non-hydrogen) atoms. The van der Waals surface area contributed by atoms with Gasteiger partial charge >= 0.3 is 5.97 Å². The molecule has 0 spiro atoms. The van der Waals surface area contributed by atoms with Crippen molar-refractivity contribution in [3.63, 3.8) is 0 Å². The smallest absolute Gasteiger partial charge is 0.342 e. The Labute approximate surface area is 139 Å². The van der Waals surface area contributed by atoms with Crippen LogP contribution < -0.4 is 10.2 Å². The summed E-state index contributed by atoms with van der Waals surface area (Å²) < 4.78 is 4.84. The predicted octanol–water partition coefficient (Wildman–Crippen LogP) is 1.96. The molecule has 0 aliphatic heterocycles. The van der Waals surface area contributed by atoms with Gasteiger partial charge in [-0.15, -0.1) is 0 Å². The summed E-state index contributed by atoms with van der Waals surface area (Å²) in [6, 6.07) is 10.6. The number of phenolic OH excluding ortho intramolecular Hbond substituents is 2. The van der Waals surface area contributed by atoms with Crippen LogP contribution in [-0.4, -0.2) is 42.8 Å². The number of carbonyl (C=O) groups excluding carboxylic acids is 2. The number of rotatable bonds is 5. The SMILES string of the molecule is CN(C)c1ccc(NC(=O)COC(=O)c2ccc(O)cc2O)cc1. The maximum absolute atomic E-state index is 11.8.